The summed E-state index contributed by atoms with van der Waals surface area (Å²) in [5, 5.41) is 11.2. The Labute approximate surface area is 251 Å². The van der Waals surface area contributed by atoms with Crippen LogP contribution in [0, 0.1) is 0 Å². The fraction of sp³-hybridized carbons (Fsp3) is 0.731. The highest BCUT2D eigenvalue weighted by atomic mass is 16.8. The minimum absolute atomic E-state index is 0.562. The Morgan fingerprint density at radius 2 is 0.864 bits per heavy atom. The zero-order chi connectivity index (χ0) is 33.3. The van der Waals surface area contributed by atoms with Gasteiger partial charge in [-0.05, 0) is 0 Å². The van der Waals surface area contributed by atoms with Crippen molar-refractivity contribution in [2.75, 3.05) is 13.2 Å². The van der Waals surface area contributed by atoms with Crippen LogP contribution in [0.4, 0.5) is 0 Å². The molecule has 18 nitrogen and oxygen atoms in total. The smallest absolute Gasteiger partial charge is 0.305 e. The second kappa shape index (κ2) is 16.3. The van der Waals surface area contributed by atoms with Crippen LogP contribution in [0.5, 0.6) is 0 Å². The predicted molar refractivity (Wildman–Crippen MR) is 135 cm³/mol. The van der Waals surface area contributed by atoms with Crippen LogP contribution in [0.2, 0.25) is 0 Å². The van der Waals surface area contributed by atoms with Crippen molar-refractivity contribution < 1.29 is 86.0 Å². The molecule has 44 heavy (non-hydrogen) atoms. The summed E-state index contributed by atoms with van der Waals surface area (Å²) >= 11 is 0. The van der Waals surface area contributed by atoms with Gasteiger partial charge < -0.3 is 52.5 Å². The van der Waals surface area contributed by atoms with E-state index in [1.807, 2.05) is 0 Å². The molecule has 10 atom stereocenters. The maximum absolute atomic E-state index is 12.2. The first kappa shape index (κ1) is 36.3. The van der Waals surface area contributed by atoms with E-state index in [9.17, 15) is 38.7 Å². The van der Waals surface area contributed by atoms with Gasteiger partial charge in [-0.1, -0.05) is 0 Å². The van der Waals surface area contributed by atoms with Crippen LogP contribution in [0.1, 0.15) is 48.5 Å². The van der Waals surface area contributed by atoms with E-state index in [0.717, 1.165) is 48.5 Å². The second-order valence-electron chi connectivity index (χ2n) is 9.69. The Morgan fingerprint density at radius 1 is 0.477 bits per heavy atom. The number of aliphatic hydroxyl groups excluding tert-OH is 1. The third kappa shape index (κ3) is 10.7. The molecule has 0 aliphatic carbocycles. The van der Waals surface area contributed by atoms with E-state index < -0.39 is 116 Å². The van der Waals surface area contributed by atoms with Crippen LogP contribution in [0.25, 0.3) is 0 Å². The molecule has 0 aromatic carbocycles. The molecular weight excluding hydrogens is 600 g/mol. The number of ether oxygens (including phenoxy) is 10. The molecule has 0 bridgehead atoms. The van der Waals surface area contributed by atoms with E-state index in [2.05, 4.69) is 0 Å². The average Bonchev–Trinajstić information content (AvgIpc) is 2.87. The number of carbonyl (C=O) groups is 7. The summed E-state index contributed by atoms with van der Waals surface area (Å²) in [6, 6.07) is 0. The Hall–Kier alpha value is -3.87. The molecule has 1 unspecified atom stereocenters. The fourth-order valence-corrected chi connectivity index (χ4v) is 4.43. The van der Waals surface area contributed by atoms with Crippen molar-refractivity contribution >= 4 is 41.8 Å². The zero-order valence-corrected chi connectivity index (χ0v) is 25.1. The number of rotatable bonds is 11. The van der Waals surface area contributed by atoms with Crippen LogP contribution in [-0.2, 0) is 80.9 Å². The highest BCUT2D eigenvalue weighted by Crippen LogP contribution is 2.34. The lowest BCUT2D eigenvalue weighted by Gasteiger charge is -2.47. The molecule has 2 heterocycles. The minimum atomic E-state index is -1.91. The van der Waals surface area contributed by atoms with E-state index in [4.69, 9.17) is 47.4 Å². The van der Waals surface area contributed by atoms with Gasteiger partial charge in [0.15, 0.2) is 24.6 Å². The molecule has 18 heteroatoms. The van der Waals surface area contributed by atoms with Crippen molar-refractivity contribution in [2.45, 2.75) is 110 Å². The fourth-order valence-electron chi connectivity index (χ4n) is 4.43. The number of hydrogen-bond acceptors (Lipinski definition) is 18. The number of hydrogen-bond donors (Lipinski definition) is 1. The van der Waals surface area contributed by atoms with Gasteiger partial charge in [-0.3, -0.25) is 33.6 Å². The molecule has 1 N–H and O–H groups in total. The molecule has 0 spiro atoms. The summed E-state index contributed by atoms with van der Waals surface area (Å²) in [5.41, 5.74) is 0. The van der Waals surface area contributed by atoms with Gasteiger partial charge in [-0.15, -0.1) is 0 Å². The Kier molecular flexibility index (Phi) is 13.4. The molecule has 0 saturated carbocycles. The largest absolute Gasteiger partial charge is 0.463 e. The Bertz CT molecular complexity index is 1090. The molecule has 2 saturated heterocycles. The van der Waals surface area contributed by atoms with Gasteiger partial charge in [-0.2, -0.15) is 0 Å². The molecule has 0 aromatic rings. The summed E-state index contributed by atoms with van der Waals surface area (Å²) < 4.78 is 53.9. The Morgan fingerprint density at radius 3 is 1.32 bits per heavy atom. The number of carbonyl (C=O) groups excluding carboxylic acids is 7. The number of aliphatic hydroxyl groups is 1. The lowest BCUT2D eigenvalue weighted by atomic mass is 9.96. The summed E-state index contributed by atoms with van der Waals surface area (Å²) in [4.78, 5) is 83.0. The van der Waals surface area contributed by atoms with Gasteiger partial charge in [0.2, 0.25) is 12.4 Å². The third-order valence-corrected chi connectivity index (χ3v) is 5.89. The van der Waals surface area contributed by atoms with Crippen LogP contribution in [-0.4, -0.2) is 122 Å². The van der Waals surface area contributed by atoms with Crippen molar-refractivity contribution in [3.05, 3.63) is 0 Å². The van der Waals surface area contributed by atoms with Gasteiger partial charge in [0, 0.05) is 48.5 Å². The maximum atomic E-state index is 12.2. The van der Waals surface area contributed by atoms with Crippen molar-refractivity contribution in [3.63, 3.8) is 0 Å². The lowest BCUT2D eigenvalue weighted by Crippen LogP contribution is -2.67. The lowest BCUT2D eigenvalue weighted by molar-refractivity contribution is -0.357. The normalized spacial score (nSPS) is 31.5. The van der Waals surface area contributed by atoms with Crippen molar-refractivity contribution in [2.24, 2.45) is 0 Å². The molecule has 2 fully saturated rings. The highest BCUT2D eigenvalue weighted by Gasteiger charge is 2.56. The van der Waals surface area contributed by atoms with Crippen molar-refractivity contribution in [3.8, 4) is 0 Å². The van der Waals surface area contributed by atoms with Gasteiger partial charge in [0.05, 0.1) is 0 Å². The van der Waals surface area contributed by atoms with Crippen molar-refractivity contribution in [1.29, 1.82) is 0 Å². The van der Waals surface area contributed by atoms with E-state index in [0.29, 0.717) is 0 Å². The first-order chi connectivity index (χ1) is 20.5. The van der Waals surface area contributed by atoms with Crippen LogP contribution in [0.15, 0.2) is 0 Å². The molecule has 2 aliphatic rings. The maximum Gasteiger partial charge on any atom is 0.305 e. The molecular formula is C26H36O18. The van der Waals surface area contributed by atoms with Crippen LogP contribution >= 0.6 is 0 Å². The first-order valence-electron chi connectivity index (χ1n) is 13.3. The third-order valence-electron chi connectivity index (χ3n) is 5.89. The summed E-state index contributed by atoms with van der Waals surface area (Å²) in [6.07, 6.45) is -16.3. The second-order valence-corrected chi connectivity index (χ2v) is 9.69. The highest BCUT2D eigenvalue weighted by molar-refractivity contribution is 5.69. The zero-order valence-electron chi connectivity index (χ0n) is 25.1. The predicted octanol–water partition coefficient (Wildman–Crippen LogP) is -1.40. The molecule has 2 aliphatic heterocycles. The van der Waals surface area contributed by atoms with Crippen molar-refractivity contribution in [1.82, 2.24) is 0 Å². The monoisotopic (exact) mass is 636 g/mol. The summed E-state index contributed by atoms with van der Waals surface area (Å²) in [5.74, 6) is -5.96. The minimum Gasteiger partial charge on any atom is -0.463 e. The quantitative estimate of drug-likeness (QED) is 0.203. The standard InChI is InChI=1S/C26H36O18/c1-10(27)35-8-17-20(37-12(3)29)22(38-13(4)30)19(34)25(42-17)44-21-18(9-36-11(2)28)43-26(41-16(7)33)24(40-15(6)32)23(21)39-14(5)31/h17-26,34H,8-9H2,1-7H3/t17-,18-,19+,20-,21-,22-,23+,24-,25+,26?/m1/s1. The van der Waals surface area contributed by atoms with Crippen LogP contribution < -0.4 is 0 Å². The average molecular weight is 637 g/mol. The van der Waals surface area contributed by atoms with E-state index in [1.165, 1.54) is 0 Å². The number of esters is 7. The van der Waals surface area contributed by atoms with Gasteiger partial charge in [-0.25, -0.2) is 0 Å². The first-order valence-corrected chi connectivity index (χ1v) is 13.3. The van der Waals surface area contributed by atoms with E-state index in [1.54, 1.807) is 0 Å². The molecule has 2 rings (SSSR count). The summed E-state index contributed by atoms with van der Waals surface area (Å²) in [6.45, 7) is 6.14. The summed E-state index contributed by atoms with van der Waals surface area (Å²) in [7, 11) is 0. The topological polar surface area (TPSA) is 232 Å². The van der Waals surface area contributed by atoms with Crippen LogP contribution in [0.3, 0.4) is 0 Å². The van der Waals surface area contributed by atoms with Gasteiger partial charge in [0.1, 0.15) is 37.6 Å². The molecule has 248 valence electrons. The van der Waals surface area contributed by atoms with E-state index in [-0.39, 0.29) is 0 Å². The molecule has 0 amide bonds. The molecule has 0 aromatic heterocycles. The molecule has 0 radical (unpaired) electrons. The Balaban J connectivity index is 2.60. The van der Waals surface area contributed by atoms with Gasteiger partial charge >= 0.3 is 41.8 Å². The van der Waals surface area contributed by atoms with E-state index >= 15 is 0 Å². The van der Waals surface area contributed by atoms with Gasteiger partial charge in [0.25, 0.3) is 0 Å². The SMILES string of the molecule is CC(=O)OC[C@H]1O[C@@H](O[C@H]2[C@H](OC(C)=O)[C@@H](OC(C)=O)C(OC(C)=O)O[C@@H]2COC(C)=O)[C@@H](O)[C@@H](OC(C)=O)[C@@H]1OC(C)=O.